The van der Waals surface area contributed by atoms with Crippen LogP contribution in [0.2, 0.25) is 0 Å². The number of aryl methyl sites for hydroxylation is 1. The van der Waals surface area contributed by atoms with E-state index in [0.717, 1.165) is 17.2 Å². The number of carboxylic acid groups (broad SMARTS) is 1. The third-order valence-electron chi connectivity index (χ3n) is 3.82. The average molecular weight is 314 g/mol. The Hall–Kier alpha value is -2.89. The fraction of sp³-hybridized carbons (Fsp3) is 0.235. The summed E-state index contributed by atoms with van der Waals surface area (Å²) >= 11 is 0. The van der Waals surface area contributed by atoms with Gasteiger partial charge < -0.3 is 15.0 Å². The van der Waals surface area contributed by atoms with Crippen molar-refractivity contribution in [2.24, 2.45) is 0 Å². The number of carboxylic acids is 1. The zero-order chi connectivity index (χ0) is 17.1. The molecule has 0 saturated heterocycles. The van der Waals surface area contributed by atoms with Crippen LogP contribution in [0.4, 0.5) is 0 Å². The molecule has 0 aliphatic heterocycles. The van der Waals surface area contributed by atoms with E-state index in [1.165, 1.54) is 17.8 Å². The summed E-state index contributed by atoms with van der Waals surface area (Å²) in [6, 6.07) is 8.23. The average Bonchev–Trinajstić information content (AvgIpc) is 2.54. The Bertz CT molecular complexity index is 824. The van der Waals surface area contributed by atoms with E-state index < -0.39 is 23.5 Å². The van der Waals surface area contributed by atoms with Crippen molar-refractivity contribution < 1.29 is 14.7 Å². The number of carbonyl (C=O) groups is 2. The van der Waals surface area contributed by atoms with Crippen LogP contribution >= 0.6 is 0 Å². The molecule has 2 aromatic rings. The molecule has 6 heteroatoms. The summed E-state index contributed by atoms with van der Waals surface area (Å²) in [5.74, 6) is -1.80. The summed E-state index contributed by atoms with van der Waals surface area (Å²) in [4.78, 5) is 35.8. The lowest BCUT2D eigenvalue weighted by Crippen LogP contribution is -2.33. The van der Waals surface area contributed by atoms with E-state index in [1.54, 1.807) is 6.92 Å². The van der Waals surface area contributed by atoms with E-state index in [1.807, 2.05) is 31.2 Å². The van der Waals surface area contributed by atoms with Crippen molar-refractivity contribution in [2.45, 2.75) is 19.9 Å². The van der Waals surface area contributed by atoms with Gasteiger partial charge in [0.15, 0.2) is 0 Å². The van der Waals surface area contributed by atoms with Crippen molar-refractivity contribution >= 4 is 11.9 Å². The van der Waals surface area contributed by atoms with Gasteiger partial charge in [0.05, 0.1) is 11.6 Å². The summed E-state index contributed by atoms with van der Waals surface area (Å²) in [6.07, 6.45) is 1.27. The van der Waals surface area contributed by atoms with Crippen LogP contribution in [-0.4, -0.2) is 28.6 Å². The lowest BCUT2D eigenvalue weighted by Gasteiger charge is -2.19. The molecular weight excluding hydrogens is 296 g/mol. The first kappa shape index (κ1) is 16.5. The molecule has 1 amide bonds. The molecule has 1 atom stereocenters. The molecular formula is C17H18N2O4. The Balaban J connectivity index is 2.68. The molecule has 0 bridgehead atoms. The molecule has 0 saturated carbocycles. The maximum atomic E-state index is 12.6. The van der Waals surface area contributed by atoms with E-state index in [4.69, 9.17) is 0 Å². The number of amides is 1. The Morgan fingerprint density at radius 3 is 2.48 bits per heavy atom. The fourth-order valence-electron chi connectivity index (χ4n) is 2.51. The highest BCUT2D eigenvalue weighted by atomic mass is 16.4. The van der Waals surface area contributed by atoms with Crippen LogP contribution in [0.1, 0.15) is 44.8 Å². The van der Waals surface area contributed by atoms with Crippen LogP contribution in [0.3, 0.4) is 0 Å². The second kappa shape index (κ2) is 6.48. The molecule has 0 aliphatic carbocycles. The number of nitrogens with one attached hydrogen (secondary N) is 1. The van der Waals surface area contributed by atoms with Gasteiger partial charge in [-0.1, -0.05) is 24.3 Å². The molecule has 1 unspecified atom stereocenters. The van der Waals surface area contributed by atoms with Crippen LogP contribution in [0, 0.1) is 6.92 Å². The van der Waals surface area contributed by atoms with Crippen LogP contribution in [0.25, 0.3) is 0 Å². The zero-order valence-electron chi connectivity index (χ0n) is 13.2. The van der Waals surface area contributed by atoms with E-state index in [-0.39, 0.29) is 11.1 Å². The highest BCUT2D eigenvalue weighted by molar-refractivity contribution is 5.96. The Morgan fingerprint density at radius 2 is 1.91 bits per heavy atom. The standard InChI is InChI=1S/C17H18N2O4/c1-10-6-4-5-7-13(10)11(2)19-9-12(17(22)23)8-14(16(19)21)15(20)18-3/h4-9,11H,1-3H3,(H,18,20)(H,22,23). The first-order valence-electron chi connectivity index (χ1n) is 7.14. The summed E-state index contributed by atoms with van der Waals surface area (Å²) in [5.41, 5.74) is 1.05. The molecule has 2 N–H and O–H groups in total. The highest BCUT2D eigenvalue weighted by Crippen LogP contribution is 2.20. The molecule has 1 aromatic carbocycles. The number of rotatable bonds is 4. The van der Waals surface area contributed by atoms with Crippen molar-refractivity contribution in [3.05, 3.63) is 69.1 Å². The van der Waals surface area contributed by atoms with Gasteiger partial charge in [0, 0.05) is 13.2 Å². The van der Waals surface area contributed by atoms with E-state index >= 15 is 0 Å². The highest BCUT2D eigenvalue weighted by Gasteiger charge is 2.20. The lowest BCUT2D eigenvalue weighted by molar-refractivity contribution is 0.0695. The zero-order valence-corrected chi connectivity index (χ0v) is 13.2. The number of carbonyl (C=O) groups excluding carboxylic acids is 1. The molecule has 0 spiro atoms. The third kappa shape index (κ3) is 3.15. The topological polar surface area (TPSA) is 88.4 Å². The minimum absolute atomic E-state index is 0.108. The van der Waals surface area contributed by atoms with Gasteiger partial charge in [-0.2, -0.15) is 0 Å². The monoisotopic (exact) mass is 314 g/mol. The van der Waals surface area contributed by atoms with Crippen LogP contribution in [-0.2, 0) is 0 Å². The first-order chi connectivity index (χ1) is 10.9. The number of benzene rings is 1. The predicted molar refractivity (Wildman–Crippen MR) is 86.0 cm³/mol. The molecule has 0 radical (unpaired) electrons. The largest absolute Gasteiger partial charge is 0.478 e. The van der Waals surface area contributed by atoms with Gasteiger partial charge in [0.2, 0.25) is 0 Å². The third-order valence-corrected chi connectivity index (χ3v) is 3.82. The fourth-order valence-corrected chi connectivity index (χ4v) is 2.51. The normalized spacial score (nSPS) is 11.8. The summed E-state index contributed by atoms with van der Waals surface area (Å²) in [5, 5.41) is 11.6. The van der Waals surface area contributed by atoms with Crippen LogP contribution in [0.15, 0.2) is 41.3 Å². The molecule has 2 rings (SSSR count). The quantitative estimate of drug-likeness (QED) is 0.901. The van der Waals surface area contributed by atoms with Gasteiger partial charge in [-0.05, 0) is 31.0 Å². The number of aromatic nitrogens is 1. The van der Waals surface area contributed by atoms with Crippen molar-refractivity contribution in [2.75, 3.05) is 7.05 Å². The maximum absolute atomic E-state index is 12.6. The van der Waals surface area contributed by atoms with Crippen molar-refractivity contribution in [3.63, 3.8) is 0 Å². The molecule has 0 aliphatic rings. The van der Waals surface area contributed by atoms with E-state index in [2.05, 4.69) is 5.32 Å². The number of aromatic carboxylic acids is 1. The predicted octanol–water partition coefficient (Wildman–Crippen LogP) is 1.82. The van der Waals surface area contributed by atoms with Crippen molar-refractivity contribution in [3.8, 4) is 0 Å². The SMILES string of the molecule is CNC(=O)c1cc(C(=O)O)cn(C(C)c2ccccc2C)c1=O. The van der Waals surface area contributed by atoms with Gasteiger partial charge in [-0.15, -0.1) is 0 Å². The Morgan fingerprint density at radius 1 is 1.26 bits per heavy atom. The van der Waals surface area contributed by atoms with Gasteiger partial charge in [0.1, 0.15) is 5.56 Å². The Kier molecular flexibility index (Phi) is 4.64. The van der Waals surface area contributed by atoms with Gasteiger partial charge in [0.25, 0.3) is 11.5 Å². The minimum Gasteiger partial charge on any atom is -0.478 e. The molecule has 23 heavy (non-hydrogen) atoms. The van der Waals surface area contributed by atoms with Crippen molar-refractivity contribution in [1.82, 2.24) is 9.88 Å². The summed E-state index contributed by atoms with van der Waals surface area (Å²) in [6.45, 7) is 3.71. The van der Waals surface area contributed by atoms with E-state index in [9.17, 15) is 19.5 Å². The molecule has 1 heterocycles. The van der Waals surface area contributed by atoms with Crippen LogP contribution in [0.5, 0.6) is 0 Å². The van der Waals surface area contributed by atoms with Gasteiger partial charge in [-0.3, -0.25) is 9.59 Å². The molecule has 1 aromatic heterocycles. The number of hydrogen-bond donors (Lipinski definition) is 2. The van der Waals surface area contributed by atoms with E-state index in [0.29, 0.717) is 0 Å². The van der Waals surface area contributed by atoms with Gasteiger partial charge >= 0.3 is 5.97 Å². The van der Waals surface area contributed by atoms with Gasteiger partial charge in [-0.25, -0.2) is 4.79 Å². The Labute approximate surface area is 133 Å². The molecule has 6 nitrogen and oxygen atoms in total. The number of pyridine rings is 1. The summed E-state index contributed by atoms with van der Waals surface area (Å²) < 4.78 is 1.29. The lowest BCUT2D eigenvalue weighted by atomic mass is 10.0. The number of nitrogens with zero attached hydrogens (tertiary/aromatic N) is 1. The second-order valence-corrected chi connectivity index (χ2v) is 5.27. The van der Waals surface area contributed by atoms with Crippen molar-refractivity contribution in [1.29, 1.82) is 0 Å². The smallest absolute Gasteiger partial charge is 0.337 e. The second-order valence-electron chi connectivity index (χ2n) is 5.27. The van der Waals surface area contributed by atoms with Crippen LogP contribution < -0.4 is 10.9 Å². The first-order valence-corrected chi connectivity index (χ1v) is 7.14. The number of hydrogen-bond acceptors (Lipinski definition) is 3. The molecule has 0 fully saturated rings. The summed E-state index contributed by atoms with van der Waals surface area (Å²) in [7, 11) is 1.39. The maximum Gasteiger partial charge on any atom is 0.337 e. The molecule has 120 valence electrons. The minimum atomic E-state index is -1.19.